The van der Waals surface area contributed by atoms with Crippen molar-refractivity contribution in [3.05, 3.63) is 24.3 Å². The van der Waals surface area contributed by atoms with E-state index in [1.54, 1.807) is 7.11 Å². The summed E-state index contributed by atoms with van der Waals surface area (Å²) >= 11 is 1.34. The van der Waals surface area contributed by atoms with E-state index in [1.165, 1.54) is 31.0 Å². The lowest BCUT2D eigenvalue weighted by molar-refractivity contribution is -0.118. The Kier molecular flexibility index (Phi) is 8.47. The normalized spacial score (nSPS) is 12.0. The van der Waals surface area contributed by atoms with Crippen LogP contribution in [0.5, 0.6) is 5.75 Å². The summed E-state index contributed by atoms with van der Waals surface area (Å²) in [6.45, 7) is 5.12. The van der Waals surface area contributed by atoms with Crippen molar-refractivity contribution in [1.29, 1.82) is 0 Å². The fourth-order valence-electron chi connectivity index (χ4n) is 2.57. The van der Waals surface area contributed by atoms with E-state index < -0.39 is 0 Å². The lowest BCUT2D eigenvalue weighted by Gasteiger charge is -2.14. The number of hydrogen-bond acceptors (Lipinski definition) is 5. The van der Waals surface area contributed by atoms with Crippen LogP contribution in [-0.4, -0.2) is 40.5 Å². The van der Waals surface area contributed by atoms with E-state index in [1.807, 2.05) is 24.3 Å². The molecule has 1 heterocycles. The van der Waals surface area contributed by atoms with Gasteiger partial charge in [0.2, 0.25) is 11.1 Å². The fourth-order valence-corrected chi connectivity index (χ4v) is 3.20. The Hall–Kier alpha value is -2.02. The molecule has 1 aromatic carbocycles. The number of nitrogens with zero attached hydrogens (tertiary/aromatic N) is 2. The molecular formula is C19H28N4O2S. The molecule has 0 radical (unpaired) electrons. The van der Waals surface area contributed by atoms with Gasteiger partial charge in [-0.05, 0) is 36.6 Å². The molecule has 0 aliphatic rings. The van der Waals surface area contributed by atoms with Crippen LogP contribution in [0.4, 0.5) is 0 Å². The lowest BCUT2D eigenvalue weighted by Crippen LogP contribution is -2.30. The number of H-pyrrole nitrogens is 1. The first-order valence-corrected chi connectivity index (χ1v) is 10.1. The standard InChI is InChI=1S/C19H28N4O2S/c1-4-6-7-14(5-2)12-20-17(24)13-26-19-21-18(22-23-19)15-8-10-16(25-3)11-9-15/h8-11,14H,4-7,12-13H2,1-3H3,(H,20,24)(H,21,22,23)/t14-/m0/s1. The minimum absolute atomic E-state index is 0.0285. The van der Waals surface area contributed by atoms with E-state index in [4.69, 9.17) is 4.74 Å². The molecule has 1 aromatic heterocycles. The van der Waals surface area contributed by atoms with E-state index in [9.17, 15) is 4.79 Å². The van der Waals surface area contributed by atoms with Gasteiger partial charge in [0.1, 0.15) is 5.75 Å². The number of carbonyl (C=O) groups is 1. The summed E-state index contributed by atoms with van der Waals surface area (Å²) in [5.41, 5.74) is 0.927. The first-order valence-electron chi connectivity index (χ1n) is 9.12. The zero-order chi connectivity index (χ0) is 18.8. The zero-order valence-electron chi connectivity index (χ0n) is 15.7. The molecule has 6 nitrogen and oxygen atoms in total. The second kappa shape index (κ2) is 10.9. The Bertz CT molecular complexity index is 672. The molecule has 26 heavy (non-hydrogen) atoms. The van der Waals surface area contributed by atoms with Crippen LogP contribution in [0.2, 0.25) is 0 Å². The Balaban J connectivity index is 1.78. The first-order chi connectivity index (χ1) is 12.7. The van der Waals surface area contributed by atoms with Gasteiger partial charge in [0, 0.05) is 12.1 Å². The first kappa shape index (κ1) is 20.3. The third kappa shape index (κ3) is 6.37. The molecule has 7 heteroatoms. The zero-order valence-corrected chi connectivity index (χ0v) is 16.6. The number of nitrogens with one attached hydrogen (secondary N) is 2. The molecule has 0 saturated heterocycles. The largest absolute Gasteiger partial charge is 0.497 e. The van der Waals surface area contributed by atoms with Gasteiger partial charge in [-0.1, -0.05) is 44.9 Å². The Morgan fingerprint density at radius 3 is 2.73 bits per heavy atom. The van der Waals surface area contributed by atoms with Gasteiger partial charge in [-0.25, -0.2) is 4.98 Å². The average Bonchev–Trinajstić information content (AvgIpc) is 3.15. The van der Waals surface area contributed by atoms with Gasteiger partial charge in [0.15, 0.2) is 5.82 Å². The molecule has 0 saturated carbocycles. The Morgan fingerprint density at radius 1 is 1.31 bits per heavy atom. The van der Waals surface area contributed by atoms with Crippen molar-refractivity contribution in [3.8, 4) is 17.1 Å². The molecule has 0 spiro atoms. The Morgan fingerprint density at radius 2 is 2.08 bits per heavy atom. The second-order valence-corrected chi connectivity index (χ2v) is 7.15. The molecule has 2 aromatic rings. The predicted octanol–water partition coefficient (Wildman–Crippen LogP) is 3.91. The quantitative estimate of drug-likeness (QED) is 0.581. The summed E-state index contributed by atoms with van der Waals surface area (Å²) in [6.07, 6.45) is 4.68. The number of amides is 1. The van der Waals surface area contributed by atoms with Gasteiger partial charge in [-0.15, -0.1) is 5.10 Å². The summed E-state index contributed by atoms with van der Waals surface area (Å²) < 4.78 is 5.15. The van der Waals surface area contributed by atoms with Gasteiger partial charge in [0.25, 0.3) is 0 Å². The highest BCUT2D eigenvalue weighted by Crippen LogP contribution is 2.21. The highest BCUT2D eigenvalue weighted by Gasteiger charge is 2.11. The molecule has 0 bridgehead atoms. The number of unbranched alkanes of at least 4 members (excludes halogenated alkanes) is 1. The van der Waals surface area contributed by atoms with Crippen molar-refractivity contribution < 1.29 is 9.53 Å². The van der Waals surface area contributed by atoms with Gasteiger partial charge in [-0.3, -0.25) is 9.89 Å². The van der Waals surface area contributed by atoms with E-state index in [0.717, 1.165) is 24.3 Å². The number of thioether (sulfide) groups is 1. The molecule has 0 unspecified atom stereocenters. The van der Waals surface area contributed by atoms with Crippen LogP contribution in [0.15, 0.2) is 29.4 Å². The Labute approximate surface area is 159 Å². The smallest absolute Gasteiger partial charge is 0.230 e. The van der Waals surface area contributed by atoms with Crippen molar-refractivity contribution in [1.82, 2.24) is 20.5 Å². The number of rotatable bonds is 11. The fraction of sp³-hybridized carbons (Fsp3) is 0.526. The number of carbonyl (C=O) groups excluding carboxylic acids is 1. The molecular weight excluding hydrogens is 348 g/mol. The summed E-state index contributed by atoms with van der Waals surface area (Å²) in [4.78, 5) is 16.5. The van der Waals surface area contributed by atoms with Gasteiger partial charge in [-0.2, -0.15) is 0 Å². The molecule has 0 aliphatic heterocycles. The van der Waals surface area contributed by atoms with Gasteiger partial charge < -0.3 is 10.1 Å². The third-order valence-corrected chi connectivity index (χ3v) is 5.14. The predicted molar refractivity (Wildman–Crippen MR) is 105 cm³/mol. The summed E-state index contributed by atoms with van der Waals surface area (Å²) in [7, 11) is 1.63. The molecule has 1 amide bonds. The van der Waals surface area contributed by atoms with E-state index in [2.05, 4.69) is 34.3 Å². The van der Waals surface area contributed by atoms with Crippen molar-refractivity contribution in [2.75, 3.05) is 19.4 Å². The SMILES string of the molecule is CCCC[C@H](CC)CNC(=O)CSc1n[nH]c(-c2ccc(OC)cc2)n1. The minimum atomic E-state index is 0.0285. The van der Waals surface area contributed by atoms with Crippen LogP contribution in [0.25, 0.3) is 11.4 Å². The summed E-state index contributed by atoms with van der Waals surface area (Å²) in [6, 6.07) is 7.59. The van der Waals surface area contributed by atoms with Gasteiger partial charge >= 0.3 is 0 Å². The third-order valence-electron chi connectivity index (χ3n) is 4.29. The van der Waals surface area contributed by atoms with Crippen molar-refractivity contribution >= 4 is 17.7 Å². The highest BCUT2D eigenvalue weighted by molar-refractivity contribution is 7.99. The molecule has 0 fully saturated rings. The molecule has 1 atom stereocenters. The van der Waals surface area contributed by atoms with Crippen molar-refractivity contribution in [3.63, 3.8) is 0 Å². The minimum Gasteiger partial charge on any atom is -0.497 e. The van der Waals surface area contributed by atoms with E-state index in [-0.39, 0.29) is 5.91 Å². The molecule has 142 valence electrons. The van der Waals surface area contributed by atoms with E-state index in [0.29, 0.717) is 22.7 Å². The van der Waals surface area contributed by atoms with Crippen molar-refractivity contribution in [2.24, 2.45) is 5.92 Å². The number of aromatic nitrogens is 3. The van der Waals surface area contributed by atoms with E-state index >= 15 is 0 Å². The van der Waals surface area contributed by atoms with Gasteiger partial charge in [0.05, 0.1) is 12.9 Å². The van der Waals surface area contributed by atoms with Crippen LogP contribution in [0, 0.1) is 5.92 Å². The molecule has 2 N–H and O–H groups in total. The van der Waals surface area contributed by atoms with Crippen LogP contribution < -0.4 is 10.1 Å². The molecule has 2 rings (SSSR count). The van der Waals surface area contributed by atoms with Crippen LogP contribution >= 0.6 is 11.8 Å². The summed E-state index contributed by atoms with van der Waals surface area (Å²) in [5, 5.41) is 10.7. The second-order valence-electron chi connectivity index (χ2n) is 6.20. The number of ether oxygens (including phenoxy) is 1. The van der Waals surface area contributed by atoms with Crippen LogP contribution in [0.3, 0.4) is 0 Å². The highest BCUT2D eigenvalue weighted by atomic mass is 32.2. The number of methoxy groups -OCH3 is 1. The topological polar surface area (TPSA) is 79.9 Å². The maximum absolute atomic E-state index is 12.0. The average molecular weight is 377 g/mol. The molecule has 0 aliphatic carbocycles. The maximum Gasteiger partial charge on any atom is 0.230 e. The van der Waals surface area contributed by atoms with Crippen molar-refractivity contribution in [2.45, 2.75) is 44.7 Å². The van der Waals surface area contributed by atoms with Crippen LogP contribution in [0.1, 0.15) is 39.5 Å². The number of aromatic amines is 1. The lowest BCUT2D eigenvalue weighted by atomic mass is 9.99. The number of benzene rings is 1. The van der Waals surface area contributed by atoms with Crippen LogP contribution in [-0.2, 0) is 4.79 Å². The monoisotopic (exact) mass is 376 g/mol. The summed E-state index contributed by atoms with van der Waals surface area (Å²) in [5.74, 6) is 2.39. The maximum atomic E-state index is 12.0. The number of hydrogen-bond donors (Lipinski definition) is 2.